The second-order valence-corrected chi connectivity index (χ2v) is 10.8. The molecule has 0 spiro atoms. The van der Waals surface area contributed by atoms with Gasteiger partial charge < -0.3 is 24.1 Å². The molecule has 2 aromatic rings. The topological polar surface area (TPSA) is 168 Å². The lowest BCUT2D eigenvalue weighted by Crippen LogP contribution is -2.14. The van der Waals surface area contributed by atoms with Gasteiger partial charge in [0, 0.05) is 30.9 Å². The van der Waals surface area contributed by atoms with Crippen LogP contribution >= 0.6 is 31.1 Å². The van der Waals surface area contributed by atoms with Crippen molar-refractivity contribution in [2.75, 3.05) is 43.4 Å². The number of ether oxygens (including phenoxy) is 1. The van der Waals surface area contributed by atoms with Crippen LogP contribution in [0.5, 0.6) is 0 Å². The van der Waals surface area contributed by atoms with E-state index in [0.29, 0.717) is 30.0 Å². The molecule has 2 aromatic heterocycles. The normalized spacial score (nSPS) is 11.8. The predicted molar refractivity (Wildman–Crippen MR) is 128 cm³/mol. The lowest BCUT2D eigenvalue weighted by Gasteiger charge is -2.18. The van der Waals surface area contributed by atoms with E-state index in [1.54, 1.807) is 18.4 Å². The predicted octanol–water partition coefficient (Wildman–Crippen LogP) is 2.24. The van der Waals surface area contributed by atoms with Gasteiger partial charge >= 0.3 is 7.60 Å². The number of anilines is 1. The third kappa shape index (κ3) is 9.22. The number of nitrogens with one attached hydrogen (secondary N) is 1. The van der Waals surface area contributed by atoms with E-state index in [-0.39, 0.29) is 54.4 Å². The zero-order chi connectivity index (χ0) is 24.3. The first-order valence-electron chi connectivity index (χ1n) is 10.3. The standard InChI is InChI=1S/C18H28N5O7PS2/c1-3-13(24)32-9-7-29-31(27,30-8-10-33-14(25)4-2)12-28-6-5-23-11-20-15-16(23)21-18(19)22-17(15)26/h11H,3-10,12H2,1-2H3,(H3,19,21,22,26). The SMILES string of the molecule is CCC(=O)SCCOP(=O)(COCCn1cnc2c(=O)[nH]c(N)nc21)OCCSC(=O)CC. The first-order chi connectivity index (χ1) is 15.8. The molecular formula is C18H28N5O7PS2. The Labute approximate surface area is 199 Å². The van der Waals surface area contributed by atoms with Crippen LogP contribution in [0.25, 0.3) is 11.2 Å². The van der Waals surface area contributed by atoms with Crippen LogP contribution in [-0.2, 0) is 34.5 Å². The number of imidazole rings is 1. The second-order valence-electron chi connectivity index (χ2n) is 6.52. The molecule has 33 heavy (non-hydrogen) atoms. The molecule has 0 aliphatic carbocycles. The highest BCUT2D eigenvalue weighted by Gasteiger charge is 2.25. The van der Waals surface area contributed by atoms with Gasteiger partial charge in [0.2, 0.25) is 5.95 Å². The molecule has 2 heterocycles. The number of nitrogens with zero attached hydrogens (tertiary/aromatic N) is 3. The van der Waals surface area contributed by atoms with E-state index in [9.17, 15) is 18.9 Å². The molecule has 0 aliphatic heterocycles. The first-order valence-corrected chi connectivity index (χ1v) is 14.0. The van der Waals surface area contributed by atoms with Crippen molar-refractivity contribution in [1.82, 2.24) is 19.5 Å². The number of carbonyl (C=O) groups is 2. The van der Waals surface area contributed by atoms with E-state index in [4.69, 9.17) is 19.5 Å². The minimum atomic E-state index is -3.61. The average Bonchev–Trinajstić information content (AvgIpc) is 3.20. The molecule has 0 amide bonds. The Bertz CT molecular complexity index is 1020. The fraction of sp³-hybridized carbons (Fsp3) is 0.611. The number of hydrogen-bond acceptors (Lipinski definition) is 12. The number of carbonyl (C=O) groups excluding carboxylic acids is 2. The van der Waals surface area contributed by atoms with E-state index < -0.39 is 13.2 Å². The van der Waals surface area contributed by atoms with Crippen molar-refractivity contribution < 1.29 is 27.9 Å². The summed E-state index contributed by atoms with van der Waals surface area (Å²) in [6.45, 7) is 4.01. The van der Waals surface area contributed by atoms with Crippen LogP contribution in [0.2, 0.25) is 0 Å². The molecule has 0 saturated carbocycles. The van der Waals surface area contributed by atoms with Crippen molar-refractivity contribution in [3.63, 3.8) is 0 Å². The molecule has 0 aromatic carbocycles. The van der Waals surface area contributed by atoms with Gasteiger partial charge in [-0.05, 0) is 0 Å². The molecular weight excluding hydrogens is 493 g/mol. The van der Waals surface area contributed by atoms with Crippen molar-refractivity contribution in [2.45, 2.75) is 33.2 Å². The van der Waals surface area contributed by atoms with Crippen LogP contribution in [0.15, 0.2) is 11.1 Å². The smallest absolute Gasteiger partial charge is 0.356 e. The number of nitrogens with two attached hydrogens (primary N) is 1. The Hall–Kier alpha value is -1.70. The third-order valence-electron chi connectivity index (χ3n) is 4.07. The number of thioether (sulfide) groups is 2. The Morgan fingerprint density at radius 2 is 1.73 bits per heavy atom. The number of H-pyrrole nitrogens is 1. The highest BCUT2D eigenvalue weighted by molar-refractivity contribution is 8.13. The number of rotatable bonds is 15. The van der Waals surface area contributed by atoms with Crippen LogP contribution in [0.4, 0.5) is 5.95 Å². The van der Waals surface area contributed by atoms with Gasteiger partial charge in [-0.2, -0.15) is 4.98 Å². The number of nitrogen functional groups attached to an aromatic ring is 1. The summed E-state index contributed by atoms with van der Waals surface area (Å²) in [4.78, 5) is 45.1. The lowest BCUT2D eigenvalue weighted by atomic mass is 10.5. The Balaban J connectivity index is 1.88. The summed E-state index contributed by atoms with van der Waals surface area (Å²) >= 11 is 2.19. The highest BCUT2D eigenvalue weighted by atomic mass is 32.2. The van der Waals surface area contributed by atoms with Gasteiger partial charge in [0.05, 0.1) is 26.1 Å². The summed E-state index contributed by atoms with van der Waals surface area (Å²) in [5, 5.41) is 0.0291. The molecule has 12 nitrogen and oxygen atoms in total. The quantitative estimate of drug-likeness (QED) is 0.259. The molecule has 0 fully saturated rings. The summed E-state index contributed by atoms with van der Waals surface area (Å²) in [6.07, 6.45) is 1.93. The Morgan fingerprint density at radius 1 is 1.12 bits per heavy atom. The van der Waals surface area contributed by atoms with Crippen LogP contribution < -0.4 is 11.3 Å². The molecule has 0 atom stereocenters. The zero-order valence-electron chi connectivity index (χ0n) is 18.5. The van der Waals surface area contributed by atoms with Gasteiger partial charge in [-0.3, -0.25) is 23.9 Å². The summed E-state index contributed by atoms with van der Waals surface area (Å²) < 4.78 is 31.1. The van der Waals surface area contributed by atoms with Crippen LogP contribution in [0, 0.1) is 0 Å². The minimum absolute atomic E-state index is 0.0146. The fourth-order valence-corrected chi connectivity index (χ4v) is 5.21. The van der Waals surface area contributed by atoms with E-state index in [0.717, 1.165) is 23.5 Å². The zero-order valence-corrected chi connectivity index (χ0v) is 21.0. The number of hydrogen-bond donors (Lipinski definition) is 2. The molecule has 3 N–H and O–H groups in total. The van der Waals surface area contributed by atoms with Crippen LogP contribution in [-0.4, -0.2) is 67.4 Å². The largest absolute Gasteiger partial charge is 0.369 e. The summed E-state index contributed by atoms with van der Waals surface area (Å²) in [5.74, 6) is 0.651. The summed E-state index contributed by atoms with van der Waals surface area (Å²) in [7, 11) is -3.61. The van der Waals surface area contributed by atoms with E-state index in [1.807, 2.05) is 0 Å². The minimum Gasteiger partial charge on any atom is -0.369 e. The van der Waals surface area contributed by atoms with Gasteiger partial charge in [-0.1, -0.05) is 37.4 Å². The van der Waals surface area contributed by atoms with E-state index >= 15 is 0 Å². The maximum absolute atomic E-state index is 13.1. The number of aromatic nitrogens is 4. The van der Waals surface area contributed by atoms with Crippen molar-refractivity contribution in [1.29, 1.82) is 0 Å². The molecule has 0 unspecified atom stereocenters. The maximum Gasteiger partial charge on any atom is 0.356 e. The molecule has 15 heteroatoms. The Kier molecular flexibility index (Phi) is 11.6. The fourth-order valence-electron chi connectivity index (χ4n) is 2.45. The molecule has 0 radical (unpaired) electrons. The number of aromatic amines is 1. The summed E-state index contributed by atoms with van der Waals surface area (Å²) in [5.41, 5.74) is 5.60. The maximum atomic E-state index is 13.1. The van der Waals surface area contributed by atoms with E-state index in [2.05, 4.69) is 15.0 Å². The van der Waals surface area contributed by atoms with Gasteiger partial charge in [-0.15, -0.1) is 0 Å². The number of fused-ring (bicyclic) bond motifs is 1. The second kappa shape index (κ2) is 13.9. The molecule has 0 bridgehead atoms. The van der Waals surface area contributed by atoms with Crippen molar-refractivity contribution in [3.05, 3.63) is 16.7 Å². The Morgan fingerprint density at radius 3 is 2.30 bits per heavy atom. The van der Waals surface area contributed by atoms with Crippen LogP contribution in [0.3, 0.4) is 0 Å². The molecule has 0 saturated heterocycles. The van der Waals surface area contributed by atoms with Gasteiger partial charge in [0.1, 0.15) is 6.35 Å². The first kappa shape index (κ1) is 27.5. The molecule has 2 rings (SSSR count). The molecule has 184 valence electrons. The lowest BCUT2D eigenvalue weighted by molar-refractivity contribution is -0.111. The van der Waals surface area contributed by atoms with Gasteiger partial charge in [0.15, 0.2) is 21.4 Å². The van der Waals surface area contributed by atoms with Crippen molar-refractivity contribution >= 4 is 58.5 Å². The highest BCUT2D eigenvalue weighted by Crippen LogP contribution is 2.48. The van der Waals surface area contributed by atoms with Gasteiger partial charge in [-0.25, -0.2) is 4.98 Å². The average molecular weight is 522 g/mol. The summed E-state index contributed by atoms with van der Waals surface area (Å²) in [6, 6.07) is 0. The third-order valence-corrected chi connectivity index (χ3v) is 7.68. The van der Waals surface area contributed by atoms with Gasteiger partial charge in [0.25, 0.3) is 5.56 Å². The molecule has 0 aliphatic rings. The van der Waals surface area contributed by atoms with Crippen LogP contribution in [0.1, 0.15) is 26.7 Å². The van der Waals surface area contributed by atoms with Crippen molar-refractivity contribution in [2.24, 2.45) is 0 Å². The van der Waals surface area contributed by atoms with E-state index in [1.165, 1.54) is 6.33 Å². The van der Waals surface area contributed by atoms with Crippen molar-refractivity contribution in [3.8, 4) is 0 Å². The monoisotopic (exact) mass is 521 g/mol.